The van der Waals surface area contributed by atoms with Gasteiger partial charge in [-0.2, -0.15) is 0 Å². The van der Waals surface area contributed by atoms with Crippen molar-refractivity contribution in [2.24, 2.45) is 5.41 Å². The zero-order chi connectivity index (χ0) is 11.8. The van der Waals surface area contributed by atoms with Gasteiger partial charge in [-0.25, -0.2) is 9.97 Å². The molecular formula is C12H14N4. The van der Waals surface area contributed by atoms with Crippen LogP contribution in [-0.4, -0.2) is 15.0 Å². The molecule has 16 heavy (non-hydrogen) atoms. The first-order valence-electron chi connectivity index (χ1n) is 5.08. The van der Waals surface area contributed by atoms with Crippen LogP contribution in [0.4, 0.5) is 5.82 Å². The lowest BCUT2D eigenvalue weighted by atomic mass is 9.97. The minimum absolute atomic E-state index is 0.0337. The Morgan fingerprint density at radius 3 is 2.75 bits per heavy atom. The van der Waals surface area contributed by atoms with E-state index < -0.39 is 0 Å². The number of nitrogens with one attached hydrogen (secondary N) is 1. The Morgan fingerprint density at radius 2 is 2.06 bits per heavy atom. The summed E-state index contributed by atoms with van der Waals surface area (Å²) < 4.78 is 0. The zero-order valence-corrected chi connectivity index (χ0v) is 9.63. The van der Waals surface area contributed by atoms with E-state index in [9.17, 15) is 0 Å². The van der Waals surface area contributed by atoms with Crippen LogP contribution in [0.1, 0.15) is 26.3 Å². The van der Waals surface area contributed by atoms with Crippen LogP contribution in [0.2, 0.25) is 0 Å². The van der Waals surface area contributed by atoms with Gasteiger partial charge in [-0.05, 0) is 20.8 Å². The first-order chi connectivity index (χ1) is 7.47. The van der Waals surface area contributed by atoms with Gasteiger partial charge in [0.15, 0.2) is 0 Å². The van der Waals surface area contributed by atoms with Gasteiger partial charge in [0, 0.05) is 11.6 Å². The lowest BCUT2D eigenvalue weighted by Gasteiger charge is -2.06. The van der Waals surface area contributed by atoms with E-state index in [1.165, 1.54) is 6.33 Å². The number of hydrogen-bond donors (Lipinski definition) is 2. The number of hydrogen-bond acceptors (Lipinski definition) is 3. The van der Waals surface area contributed by atoms with E-state index in [1.54, 1.807) is 0 Å². The van der Waals surface area contributed by atoms with E-state index in [0.717, 1.165) is 16.6 Å². The van der Waals surface area contributed by atoms with E-state index in [4.69, 9.17) is 5.73 Å². The maximum atomic E-state index is 5.80. The third kappa shape index (κ3) is 1.98. The number of fused-ring (bicyclic) bond motifs is 1. The van der Waals surface area contributed by atoms with Gasteiger partial charge in [0.05, 0.1) is 10.9 Å². The maximum absolute atomic E-state index is 5.80. The minimum atomic E-state index is -0.0337. The molecule has 0 spiro atoms. The molecule has 0 aliphatic carbocycles. The highest BCUT2D eigenvalue weighted by Gasteiger charge is 2.08. The molecule has 2 heterocycles. The quantitative estimate of drug-likeness (QED) is 0.658. The van der Waals surface area contributed by atoms with Crippen molar-refractivity contribution in [1.29, 1.82) is 0 Å². The molecule has 0 unspecified atom stereocenters. The molecule has 0 aliphatic heterocycles. The van der Waals surface area contributed by atoms with Gasteiger partial charge in [-0.3, -0.25) is 0 Å². The number of H-pyrrole nitrogens is 1. The molecule has 0 saturated carbocycles. The monoisotopic (exact) mass is 214 g/mol. The fraction of sp³-hybridized carbons (Fsp3) is 0.333. The van der Waals surface area contributed by atoms with Crippen molar-refractivity contribution in [2.75, 3.05) is 5.73 Å². The van der Waals surface area contributed by atoms with Crippen molar-refractivity contribution in [2.45, 2.75) is 20.8 Å². The molecule has 0 radical (unpaired) electrons. The summed E-state index contributed by atoms with van der Waals surface area (Å²) in [4.78, 5) is 11.1. The number of nitrogens with zero attached hydrogens (tertiary/aromatic N) is 2. The Hall–Kier alpha value is -2.02. The summed E-state index contributed by atoms with van der Waals surface area (Å²) in [6.45, 7) is 6.19. The molecule has 3 N–H and O–H groups in total. The molecular weight excluding hydrogens is 200 g/mol. The Labute approximate surface area is 94.3 Å². The number of aromatic amines is 1. The molecule has 2 aromatic heterocycles. The van der Waals surface area contributed by atoms with Crippen molar-refractivity contribution in [3.63, 3.8) is 0 Å². The Morgan fingerprint density at radius 1 is 1.31 bits per heavy atom. The molecule has 0 saturated heterocycles. The van der Waals surface area contributed by atoms with Crippen molar-refractivity contribution >= 4 is 16.9 Å². The summed E-state index contributed by atoms with van der Waals surface area (Å²) in [6, 6.07) is 0. The lowest BCUT2D eigenvalue weighted by Crippen LogP contribution is -1.99. The fourth-order valence-corrected chi connectivity index (χ4v) is 1.34. The Bertz CT molecular complexity index is 578. The smallest absolute Gasteiger partial charge is 0.144 e. The Balaban J connectivity index is 2.57. The van der Waals surface area contributed by atoms with E-state index >= 15 is 0 Å². The third-order valence-corrected chi connectivity index (χ3v) is 2.07. The SMILES string of the molecule is CC(C)(C)C#Cc1c[nH]c2ncnc(N)c12. The lowest BCUT2D eigenvalue weighted by molar-refractivity contribution is 0.571. The van der Waals surface area contributed by atoms with Crippen LogP contribution < -0.4 is 5.73 Å². The van der Waals surface area contributed by atoms with Crippen molar-refractivity contribution < 1.29 is 0 Å². The van der Waals surface area contributed by atoms with Gasteiger partial charge in [0.1, 0.15) is 17.8 Å². The summed E-state index contributed by atoms with van der Waals surface area (Å²) in [5, 5.41) is 0.805. The van der Waals surface area contributed by atoms with E-state index in [-0.39, 0.29) is 5.41 Å². The highest BCUT2D eigenvalue weighted by Crippen LogP contribution is 2.20. The van der Waals surface area contributed by atoms with Gasteiger partial charge >= 0.3 is 0 Å². The molecule has 0 atom stereocenters. The van der Waals surface area contributed by atoms with Gasteiger partial charge in [0.2, 0.25) is 0 Å². The Kier molecular flexibility index (Phi) is 2.31. The normalized spacial score (nSPS) is 11.2. The third-order valence-electron chi connectivity index (χ3n) is 2.07. The summed E-state index contributed by atoms with van der Waals surface area (Å²) >= 11 is 0. The summed E-state index contributed by atoms with van der Waals surface area (Å²) in [6.07, 6.45) is 3.25. The van der Waals surface area contributed by atoms with E-state index in [2.05, 4.69) is 47.6 Å². The molecule has 0 amide bonds. The molecule has 0 aromatic carbocycles. The number of anilines is 1. The highest BCUT2D eigenvalue weighted by molar-refractivity contribution is 5.91. The average molecular weight is 214 g/mol. The molecule has 2 aromatic rings. The second-order valence-electron chi connectivity index (χ2n) is 4.68. The van der Waals surface area contributed by atoms with Crippen molar-refractivity contribution in [3.05, 3.63) is 18.1 Å². The standard InChI is InChI=1S/C12H14N4/c1-12(2,3)5-4-8-6-14-11-9(8)10(13)15-7-16-11/h6-7H,1-3H3,(H3,13,14,15,16). The predicted molar refractivity (Wildman–Crippen MR) is 64.6 cm³/mol. The topological polar surface area (TPSA) is 67.6 Å². The zero-order valence-electron chi connectivity index (χ0n) is 9.63. The highest BCUT2D eigenvalue weighted by atomic mass is 15.0. The molecule has 0 fully saturated rings. The molecule has 4 nitrogen and oxygen atoms in total. The number of aromatic nitrogens is 3. The van der Waals surface area contributed by atoms with Crippen LogP contribution in [0.15, 0.2) is 12.5 Å². The maximum Gasteiger partial charge on any atom is 0.144 e. The van der Waals surface area contributed by atoms with Crippen molar-refractivity contribution in [1.82, 2.24) is 15.0 Å². The summed E-state index contributed by atoms with van der Waals surface area (Å²) in [7, 11) is 0. The van der Waals surface area contributed by atoms with Crippen molar-refractivity contribution in [3.8, 4) is 11.8 Å². The van der Waals surface area contributed by atoms with Crippen LogP contribution in [-0.2, 0) is 0 Å². The largest absolute Gasteiger partial charge is 0.383 e. The van der Waals surface area contributed by atoms with Crippen LogP contribution in [0.3, 0.4) is 0 Å². The van der Waals surface area contributed by atoms with Crippen LogP contribution in [0.25, 0.3) is 11.0 Å². The predicted octanol–water partition coefficient (Wildman–Crippen LogP) is 1.94. The average Bonchev–Trinajstić information content (AvgIpc) is 2.58. The van der Waals surface area contributed by atoms with E-state index in [0.29, 0.717) is 5.82 Å². The van der Waals surface area contributed by atoms with Crippen LogP contribution >= 0.6 is 0 Å². The van der Waals surface area contributed by atoms with Crippen LogP contribution in [0, 0.1) is 17.3 Å². The van der Waals surface area contributed by atoms with Gasteiger partial charge < -0.3 is 10.7 Å². The second kappa shape index (κ2) is 3.53. The van der Waals surface area contributed by atoms with Gasteiger partial charge in [0.25, 0.3) is 0 Å². The summed E-state index contributed by atoms with van der Waals surface area (Å²) in [5.41, 5.74) is 7.35. The summed E-state index contributed by atoms with van der Waals surface area (Å²) in [5.74, 6) is 6.73. The molecule has 0 bridgehead atoms. The number of rotatable bonds is 0. The molecule has 2 rings (SSSR count). The van der Waals surface area contributed by atoms with Crippen LogP contribution in [0.5, 0.6) is 0 Å². The molecule has 4 heteroatoms. The number of nitrogen functional groups attached to an aromatic ring is 1. The second-order valence-corrected chi connectivity index (χ2v) is 4.68. The molecule has 82 valence electrons. The number of nitrogens with two attached hydrogens (primary N) is 1. The van der Waals surface area contributed by atoms with Gasteiger partial charge in [-0.1, -0.05) is 11.8 Å². The molecule has 0 aliphatic rings. The van der Waals surface area contributed by atoms with E-state index in [1.807, 2.05) is 6.20 Å². The van der Waals surface area contributed by atoms with Gasteiger partial charge in [-0.15, -0.1) is 0 Å². The first-order valence-corrected chi connectivity index (χ1v) is 5.08. The fourth-order valence-electron chi connectivity index (χ4n) is 1.34. The first kappa shape index (κ1) is 10.5. The minimum Gasteiger partial charge on any atom is -0.383 e.